The number of carbonyl (C=O) groups excluding carboxylic acids is 1. The number of pyridine rings is 1. The lowest BCUT2D eigenvalue weighted by molar-refractivity contribution is 0.0256. The van der Waals surface area contributed by atoms with Crippen LogP contribution < -0.4 is 4.74 Å². The second kappa shape index (κ2) is 7.98. The molecule has 3 aromatic rings. The summed E-state index contributed by atoms with van der Waals surface area (Å²) in [7, 11) is 0. The van der Waals surface area contributed by atoms with Crippen LogP contribution in [0, 0.1) is 17.5 Å². The number of urea groups is 1. The highest BCUT2D eigenvalue weighted by atomic mass is 19.1. The van der Waals surface area contributed by atoms with Gasteiger partial charge in [-0.25, -0.2) is 23.0 Å². The number of aromatic nitrogens is 3. The van der Waals surface area contributed by atoms with Crippen molar-refractivity contribution in [1.29, 1.82) is 0 Å². The van der Waals surface area contributed by atoms with Crippen molar-refractivity contribution in [2.45, 2.75) is 18.6 Å². The fourth-order valence-corrected chi connectivity index (χ4v) is 3.69. The Morgan fingerprint density at radius 1 is 1.12 bits per heavy atom. The van der Waals surface area contributed by atoms with Crippen molar-refractivity contribution < 1.29 is 22.7 Å². The number of hydrogen-bond donors (Lipinski definition) is 1. The van der Waals surface area contributed by atoms with Gasteiger partial charge >= 0.3 is 6.03 Å². The molecule has 0 spiro atoms. The monoisotopic (exact) mass is 442 g/mol. The second-order valence-corrected chi connectivity index (χ2v) is 7.49. The Morgan fingerprint density at radius 3 is 2.62 bits per heavy atom. The number of benzene rings is 1. The van der Waals surface area contributed by atoms with Crippen molar-refractivity contribution in [2.24, 2.45) is 5.10 Å². The van der Waals surface area contributed by atoms with Crippen LogP contribution in [0.25, 0.3) is 11.4 Å². The number of nitrogens with zero attached hydrogens (tertiary/aromatic N) is 5. The zero-order valence-corrected chi connectivity index (χ0v) is 16.6. The van der Waals surface area contributed by atoms with Gasteiger partial charge in [-0.15, -0.1) is 0 Å². The number of hydrogen-bond acceptors (Lipinski definition) is 5. The zero-order chi connectivity index (χ0) is 22.2. The summed E-state index contributed by atoms with van der Waals surface area (Å²) in [6.07, 6.45) is 4.09. The first-order valence-electron chi connectivity index (χ1n) is 9.86. The number of halogens is 3. The van der Waals surface area contributed by atoms with Gasteiger partial charge in [0.25, 0.3) is 0 Å². The normalized spacial score (nSPS) is 18.2. The van der Waals surface area contributed by atoms with Gasteiger partial charge in [0.15, 0.2) is 11.6 Å². The van der Waals surface area contributed by atoms with Gasteiger partial charge in [-0.1, -0.05) is 0 Å². The van der Waals surface area contributed by atoms with Crippen LogP contribution in [-0.2, 0) is 0 Å². The van der Waals surface area contributed by atoms with E-state index >= 15 is 0 Å². The van der Waals surface area contributed by atoms with Crippen molar-refractivity contribution in [3.63, 3.8) is 0 Å². The van der Waals surface area contributed by atoms with E-state index in [2.05, 4.69) is 20.3 Å². The average molecular weight is 442 g/mol. The minimum Gasteiger partial charge on any atom is -0.483 e. The van der Waals surface area contributed by atoms with Crippen LogP contribution >= 0.6 is 0 Å². The third-order valence-electron chi connectivity index (χ3n) is 5.30. The number of H-pyrrole nitrogens is 1. The SMILES string of the molecule is O=C(N1CC(Oc2cc(-c3ccn[nH]3)ncc2F)C1)N1N=CCC1c1cc(F)cc(F)c1. The van der Waals surface area contributed by atoms with E-state index in [0.717, 1.165) is 12.3 Å². The molecule has 11 heteroatoms. The minimum atomic E-state index is -0.717. The van der Waals surface area contributed by atoms with Crippen LogP contribution in [0.4, 0.5) is 18.0 Å². The topological polar surface area (TPSA) is 86.7 Å². The predicted molar refractivity (Wildman–Crippen MR) is 107 cm³/mol. The third kappa shape index (κ3) is 3.77. The number of rotatable bonds is 4. The van der Waals surface area contributed by atoms with Crippen LogP contribution in [0.1, 0.15) is 18.0 Å². The lowest BCUT2D eigenvalue weighted by Crippen LogP contribution is -2.58. The highest BCUT2D eigenvalue weighted by Crippen LogP contribution is 2.32. The van der Waals surface area contributed by atoms with E-state index in [9.17, 15) is 18.0 Å². The first-order valence-corrected chi connectivity index (χ1v) is 9.86. The third-order valence-corrected chi connectivity index (χ3v) is 5.30. The minimum absolute atomic E-state index is 0.0222. The molecule has 8 nitrogen and oxygen atoms in total. The molecule has 164 valence electrons. The summed E-state index contributed by atoms with van der Waals surface area (Å²) in [5.74, 6) is -2.03. The van der Waals surface area contributed by atoms with E-state index in [-0.39, 0.29) is 18.8 Å². The van der Waals surface area contributed by atoms with E-state index in [1.165, 1.54) is 34.3 Å². The molecule has 1 N–H and O–H groups in total. The molecule has 1 aromatic carbocycles. The Kier molecular flexibility index (Phi) is 5.00. The predicted octanol–water partition coefficient (Wildman–Crippen LogP) is 3.50. The van der Waals surface area contributed by atoms with Crippen LogP contribution in [0.3, 0.4) is 0 Å². The quantitative estimate of drug-likeness (QED) is 0.670. The molecule has 0 saturated carbocycles. The van der Waals surface area contributed by atoms with Crippen LogP contribution in [0.2, 0.25) is 0 Å². The number of aromatic amines is 1. The summed E-state index contributed by atoms with van der Waals surface area (Å²) >= 11 is 0. The summed E-state index contributed by atoms with van der Waals surface area (Å²) in [5, 5.41) is 11.9. The molecule has 1 saturated heterocycles. The lowest BCUT2D eigenvalue weighted by atomic mass is 10.0. The second-order valence-electron chi connectivity index (χ2n) is 7.49. The van der Waals surface area contributed by atoms with Gasteiger partial charge in [0.1, 0.15) is 17.7 Å². The summed E-state index contributed by atoms with van der Waals surface area (Å²) in [4.78, 5) is 18.3. The van der Waals surface area contributed by atoms with Crippen LogP contribution in [0.15, 0.2) is 47.8 Å². The largest absolute Gasteiger partial charge is 0.483 e. The molecule has 2 aliphatic rings. The van der Waals surface area contributed by atoms with E-state index in [0.29, 0.717) is 23.4 Å². The standard InChI is InChI=1S/C21H17F3N6O2/c22-13-5-12(6-14(23)7-13)19-2-4-27-30(19)21(31)29-10-15(11-29)32-20-8-18(25-9-16(20)24)17-1-3-26-28-17/h1,3-9,15,19H,2,10-11H2,(H,26,28). The van der Waals surface area contributed by atoms with Gasteiger partial charge in [0.2, 0.25) is 0 Å². The lowest BCUT2D eigenvalue weighted by Gasteiger charge is -2.41. The van der Waals surface area contributed by atoms with Crippen molar-refractivity contribution in [1.82, 2.24) is 25.1 Å². The maximum absolute atomic E-state index is 14.2. The summed E-state index contributed by atoms with van der Waals surface area (Å²) < 4.78 is 47.1. The van der Waals surface area contributed by atoms with E-state index in [1.54, 1.807) is 12.3 Å². The highest BCUT2D eigenvalue weighted by Gasteiger charge is 2.39. The highest BCUT2D eigenvalue weighted by molar-refractivity contribution is 5.79. The summed E-state index contributed by atoms with van der Waals surface area (Å²) in [6.45, 7) is 0.437. The number of nitrogens with one attached hydrogen (secondary N) is 1. The van der Waals surface area contributed by atoms with E-state index < -0.39 is 35.6 Å². The van der Waals surface area contributed by atoms with Crippen LogP contribution in [0.5, 0.6) is 5.75 Å². The maximum Gasteiger partial charge on any atom is 0.341 e. The van der Waals surface area contributed by atoms with Gasteiger partial charge < -0.3 is 9.64 Å². The molecule has 2 aromatic heterocycles. The molecule has 0 radical (unpaired) electrons. The van der Waals surface area contributed by atoms with Gasteiger partial charge in [-0.05, 0) is 23.8 Å². The first kappa shape index (κ1) is 20.0. The van der Waals surface area contributed by atoms with E-state index in [4.69, 9.17) is 4.74 Å². The number of likely N-dealkylation sites (tertiary alicyclic amines) is 1. The zero-order valence-electron chi connectivity index (χ0n) is 16.6. The maximum atomic E-state index is 14.2. The molecular formula is C21H17F3N6O2. The van der Waals surface area contributed by atoms with Crippen molar-refractivity contribution in [2.75, 3.05) is 13.1 Å². The smallest absolute Gasteiger partial charge is 0.341 e. The molecule has 5 rings (SSSR count). The van der Waals surface area contributed by atoms with Crippen molar-refractivity contribution in [3.05, 3.63) is 65.7 Å². The Hall–Kier alpha value is -3.89. The Labute approximate surface area is 180 Å². The molecule has 0 bridgehead atoms. The molecule has 2 aliphatic heterocycles. The first-order chi connectivity index (χ1) is 15.5. The molecule has 1 atom stereocenters. The van der Waals surface area contributed by atoms with Gasteiger partial charge in [0, 0.05) is 31.0 Å². The molecule has 4 heterocycles. The molecule has 32 heavy (non-hydrogen) atoms. The van der Waals surface area contributed by atoms with Gasteiger partial charge in [-0.2, -0.15) is 10.2 Å². The Morgan fingerprint density at radius 2 is 1.91 bits per heavy atom. The fourth-order valence-electron chi connectivity index (χ4n) is 3.69. The van der Waals surface area contributed by atoms with E-state index in [1.807, 2.05) is 0 Å². The Bertz CT molecular complexity index is 1160. The molecule has 0 aliphatic carbocycles. The molecular weight excluding hydrogens is 425 g/mol. The van der Waals surface area contributed by atoms with Crippen molar-refractivity contribution >= 4 is 12.2 Å². The van der Waals surface area contributed by atoms with Gasteiger partial charge in [-0.3, -0.25) is 10.1 Å². The Balaban J connectivity index is 1.23. The summed E-state index contributed by atoms with van der Waals surface area (Å²) in [5.41, 5.74) is 1.42. The van der Waals surface area contributed by atoms with Crippen molar-refractivity contribution in [3.8, 4) is 17.1 Å². The number of hydrazone groups is 1. The molecule has 2 amide bonds. The molecule has 1 fully saturated rings. The number of carbonyl (C=O) groups is 1. The van der Waals surface area contributed by atoms with Gasteiger partial charge in [0.05, 0.1) is 36.7 Å². The molecule has 1 unspecified atom stereocenters. The number of ether oxygens (including phenoxy) is 1. The fraction of sp³-hybridized carbons (Fsp3) is 0.238. The summed E-state index contributed by atoms with van der Waals surface area (Å²) in [6, 6.07) is 5.31. The van der Waals surface area contributed by atoms with Crippen LogP contribution in [-0.4, -0.2) is 56.5 Å². The number of amides is 2. The average Bonchev–Trinajstić information content (AvgIpc) is 3.42.